The highest BCUT2D eigenvalue weighted by Gasteiger charge is 2.38. The van der Waals surface area contributed by atoms with Gasteiger partial charge in [0.05, 0.1) is 0 Å². The van der Waals surface area contributed by atoms with Crippen LogP contribution in [0.25, 0.3) is 0 Å². The summed E-state index contributed by atoms with van der Waals surface area (Å²) in [6.45, 7) is 0.535. The van der Waals surface area contributed by atoms with Crippen molar-refractivity contribution in [1.82, 2.24) is 0 Å². The van der Waals surface area contributed by atoms with Gasteiger partial charge in [0.2, 0.25) is 0 Å². The summed E-state index contributed by atoms with van der Waals surface area (Å²) in [6.07, 6.45) is 8.41. The van der Waals surface area contributed by atoms with Crippen LogP contribution in [0, 0.1) is 0 Å². The number of aliphatic hydroxyl groups is 2. The molecule has 0 radical (unpaired) electrons. The Hall–Kier alpha value is -2.42. The normalized spacial score (nSPS) is 14.6. The van der Waals surface area contributed by atoms with Gasteiger partial charge in [0.1, 0.15) is 0 Å². The van der Waals surface area contributed by atoms with Gasteiger partial charge in [0, 0.05) is 19.1 Å². The van der Waals surface area contributed by atoms with Crippen LogP contribution in [-0.2, 0) is 11.8 Å². The first-order chi connectivity index (χ1) is 15.8. The molecule has 32 heavy (non-hydrogen) atoms. The number of fused-ring (bicyclic) bond motifs is 1. The highest BCUT2D eigenvalue weighted by atomic mass is 16.3. The van der Waals surface area contributed by atoms with E-state index in [1.807, 2.05) is 0 Å². The third kappa shape index (κ3) is 4.98. The average molecular weight is 429 g/mol. The zero-order chi connectivity index (χ0) is 22.2. The van der Waals surface area contributed by atoms with Gasteiger partial charge in [-0.15, -0.1) is 0 Å². The molecule has 3 aromatic rings. The Kier molecular flexibility index (Phi) is 7.78. The smallest absolute Gasteiger partial charge is 0.0431 e. The SMILES string of the molecule is OCCCCC1(CCCCO)CCc2ccc(C(c3ccccc3)c3ccccc3)cc21. The van der Waals surface area contributed by atoms with Crippen LogP contribution in [0.4, 0.5) is 0 Å². The molecule has 0 saturated carbocycles. The molecule has 0 heterocycles. The van der Waals surface area contributed by atoms with E-state index in [4.69, 9.17) is 0 Å². The average Bonchev–Trinajstić information content (AvgIpc) is 3.19. The molecular weight excluding hydrogens is 392 g/mol. The molecule has 0 unspecified atom stereocenters. The summed E-state index contributed by atoms with van der Waals surface area (Å²) in [4.78, 5) is 0. The molecule has 1 aliphatic carbocycles. The van der Waals surface area contributed by atoms with E-state index in [1.165, 1.54) is 34.2 Å². The van der Waals surface area contributed by atoms with Gasteiger partial charge in [-0.2, -0.15) is 0 Å². The number of benzene rings is 3. The van der Waals surface area contributed by atoms with Crippen molar-refractivity contribution in [2.24, 2.45) is 0 Å². The minimum atomic E-state index is 0.174. The molecule has 0 saturated heterocycles. The first-order valence-electron chi connectivity index (χ1n) is 12.2. The highest BCUT2D eigenvalue weighted by molar-refractivity contribution is 5.49. The van der Waals surface area contributed by atoms with Crippen molar-refractivity contribution in [3.8, 4) is 0 Å². The first-order valence-corrected chi connectivity index (χ1v) is 12.2. The fraction of sp³-hybridized carbons (Fsp3) is 0.400. The lowest BCUT2D eigenvalue weighted by Gasteiger charge is -2.32. The lowest BCUT2D eigenvalue weighted by molar-refractivity contribution is 0.253. The second-order valence-corrected chi connectivity index (χ2v) is 9.31. The molecule has 4 rings (SSSR count). The summed E-state index contributed by atoms with van der Waals surface area (Å²) in [5, 5.41) is 18.7. The Morgan fingerprint density at radius 2 is 1.22 bits per heavy atom. The monoisotopic (exact) mass is 428 g/mol. The fourth-order valence-corrected chi connectivity index (χ4v) is 5.66. The molecule has 168 valence electrons. The zero-order valence-corrected chi connectivity index (χ0v) is 19.0. The lowest BCUT2D eigenvalue weighted by Crippen LogP contribution is -2.24. The van der Waals surface area contributed by atoms with Gasteiger partial charge < -0.3 is 10.2 Å². The predicted octanol–water partition coefficient (Wildman–Crippen LogP) is 6.38. The summed E-state index contributed by atoms with van der Waals surface area (Å²) in [5.74, 6) is 0.218. The summed E-state index contributed by atoms with van der Waals surface area (Å²) in [5.41, 5.74) is 7.18. The van der Waals surface area contributed by atoms with E-state index in [2.05, 4.69) is 78.9 Å². The largest absolute Gasteiger partial charge is 0.396 e. The van der Waals surface area contributed by atoms with Crippen molar-refractivity contribution in [2.75, 3.05) is 13.2 Å². The van der Waals surface area contributed by atoms with Crippen molar-refractivity contribution in [2.45, 2.75) is 62.7 Å². The van der Waals surface area contributed by atoms with Gasteiger partial charge in [-0.25, -0.2) is 0 Å². The topological polar surface area (TPSA) is 40.5 Å². The second-order valence-electron chi connectivity index (χ2n) is 9.31. The molecule has 2 nitrogen and oxygen atoms in total. The number of hydrogen-bond acceptors (Lipinski definition) is 2. The van der Waals surface area contributed by atoms with Gasteiger partial charge in [-0.3, -0.25) is 0 Å². The van der Waals surface area contributed by atoms with Crippen LogP contribution in [0.3, 0.4) is 0 Å². The molecule has 0 amide bonds. The van der Waals surface area contributed by atoms with Gasteiger partial charge in [-0.05, 0) is 71.8 Å². The third-order valence-electron chi connectivity index (χ3n) is 7.30. The van der Waals surface area contributed by atoms with Crippen LogP contribution in [0.1, 0.15) is 78.7 Å². The fourth-order valence-electron chi connectivity index (χ4n) is 5.66. The minimum Gasteiger partial charge on any atom is -0.396 e. The zero-order valence-electron chi connectivity index (χ0n) is 19.0. The predicted molar refractivity (Wildman–Crippen MR) is 132 cm³/mol. The second kappa shape index (κ2) is 10.9. The van der Waals surface area contributed by atoms with Crippen molar-refractivity contribution < 1.29 is 10.2 Å². The Balaban J connectivity index is 1.74. The Morgan fingerprint density at radius 3 is 1.75 bits per heavy atom. The van der Waals surface area contributed by atoms with Crippen molar-refractivity contribution >= 4 is 0 Å². The number of rotatable bonds is 11. The van der Waals surface area contributed by atoms with E-state index in [0.717, 1.165) is 44.9 Å². The molecular formula is C30H36O2. The molecule has 2 heteroatoms. The highest BCUT2D eigenvalue weighted by Crippen LogP contribution is 2.48. The maximum Gasteiger partial charge on any atom is 0.0431 e. The molecule has 0 aromatic heterocycles. The number of aryl methyl sites for hydroxylation is 1. The van der Waals surface area contributed by atoms with Crippen LogP contribution in [0.5, 0.6) is 0 Å². The quantitative estimate of drug-likeness (QED) is 0.275. The summed E-state index contributed by atoms with van der Waals surface area (Å²) in [6, 6.07) is 28.8. The van der Waals surface area contributed by atoms with Crippen molar-refractivity contribution in [3.63, 3.8) is 0 Å². The van der Waals surface area contributed by atoms with E-state index in [1.54, 1.807) is 0 Å². The van der Waals surface area contributed by atoms with Gasteiger partial charge >= 0.3 is 0 Å². The van der Waals surface area contributed by atoms with Crippen LogP contribution < -0.4 is 0 Å². The summed E-state index contributed by atoms with van der Waals surface area (Å²) >= 11 is 0. The number of aliphatic hydroxyl groups excluding tert-OH is 2. The Bertz CT molecular complexity index is 915. The molecule has 3 aromatic carbocycles. The Labute approximate surface area is 193 Å². The van der Waals surface area contributed by atoms with E-state index in [0.29, 0.717) is 0 Å². The van der Waals surface area contributed by atoms with Crippen LogP contribution >= 0.6 is 0 Å². The first kappa shape index (κ1) is 22.8. The lowest BCUT2D eigenvalue weighted by atomic mass is 9.72. The number of unbranched alkanes of at least 4 members (excludes halogenated alkanes) is 2. The third-order valence-corrected chi connectivity index (χ3v) is 7.30. The maximum absolute atomic E-state index is 9.37. The van der Waals surface area contributed by atoms with E-state index in [9.17, 15) is 10.2 Å². The van der Waals surface area contributed by atoms with Gasteiger partial charge in [0.15, 0.2) is 0 Å². The molecule has 0 atom stereocenters. The van der Waals surface area contributed by atoms with E-state index in [-0.39, 0.29) is 24.5 Å². The Morgan fingerprint density at radius 1 is 0.656 bits per heavy atom. The molecule has 2 N–H and O–H groups in total. The van der Waals surface area contributed by atoms with Crippen LogP contribution in [0.15, 0.2) is 78.9 Å². The van der Waals surface area contributed by atoms with Gasteiger partial charge in [-0.1, -0.05) is 91.7 Å². The van der Waals surface area contributed by atoms with E-state index < -0.39 is 0 Å². The molecule has 0 bridgehead atoms. The molecule has 1 aliphatic rings. The van der Waals surface area contributed by atoms with Crippen molar-refractivity contribution in [1.29, 1.82) is 0 Å². The molecule has 0 fully saturated rings. The van der Waals surface area contributed by atoms with E-state index >= 15 is 0 Å². The molecule has 0 aliphatic heterocycles. The van der Waals surface area contributed by atoms with Crippen LogP contribution in [-0.4, -0.2) is 23.4 Å². The number of hydrogen-bond donors (Lipinski definition) is 2. The maximum atomic E-state index is 9.37. The van der Waals surface area contributed by atoms with Gasteiger partial charge in [0.25, 0.3) is 0 Å². The standard InChI is InChI=1S/C30H36O2/c31-21-9-7-18-30(19-8-10-22-32)20-17-24-15-16-27(23-28(24)30)29(25-11-3-1-4-12-25)26-13-5-2-6-14-26/h1-6,11-16,23,29,31-32H,7-10,17-22H2. The van der Waals surface area contributed by atoms with Crippen LogP contribution in [0.2, 0.25) is 0 Å². The summed E-state index contributed by atoms with van der Waals surface area (Å²) < 4.78 is 0. The summed E-state index contributed by atoms with van der Waals surface area (Å²) in [7, 11) is 0. The minimum absolute atomic E-state index is 0.174. The molecule has 0 spiro atoms. The van der Waals surface area contributed by atoms with Crippen molar-refractivity contribution in [3.05, 3.63) is 107 Å².